The Balaban J connectivity index is 2.40. The normalized spacial score (nSPS) is 11.7. The standard InChI is InChI=1S/C26H30O2/c1-15-11-19(12-16(2)24(15)27)21-9-8-10-22(26(5,6)7)23(21)20-13-17(3)25(28)18(4)14-20/h8-14,27-28H,1-7H3. The summed E-state index contributed by atoms with van der Waals surface area (Å²) in [4.78, 5) is 0. The summed E-state index contributed by atoms with van der Waals surface area (Å²) in [5.74, 6) is 0.712. The summed E-state index contributed by atoms with van der Waals surface area (Å²) in [7, 11) is 0. The predicted molar refractivity (Wildman–Crippen MR) is 118 cm³/mol. The van der Waals surface area contributed by atoms with Crippen molar-refractivity contribution < 1.29 is 10.2 Å². The molecule has 0 aromatic heterocycles. The van der Waals surface area contributed by atoms with E-state index in [4.69, 9.17) is 0 Å². The van der Waals surface area contributed by atoms with E-state index in [1.54, 1.807) is 0 Å². The van der Waals surface area contributed by atoms with Gasteiger partial charge in [-0.1, -0.05) is 39.0 Å². The van der Waals surface area contributed by atoms with Crippen LogP contribution >= 0.6 is 0 Å². The Morgan fingerprint density at radius 1 is 0.643 bits per heavy atom. The molecule has 2 N–H and O–H groups in total. The van der Waals surface area contributed by atoms with E-state index >= 15 is 0 Å². The van der Waals surface area contributed by atoms with Crippen LogP contribution in [0.1, 0.15) is 48.6 Å². The minimum Gasteiger partial charge on any atom is -0.507 e. The topological polar surface area (TPSA) is 40.5 Å². The molecule has 0 amide bonds. The van der Waals surface area contributed by atoms with Gasteiger partial charge in [0.05, 0.1) is 0 Å². The first-order chi connectivity index (χ1) is 13.0. The lowest BCUT2D eigenvalue weighted by molar-refractivity contribution is 0.466. The fraction of sp³-hybridized carbons (Fsp3) is 0.308. The number of rotatable bonds is 2. The molecule has 0 bridgehead atoms. The van der Waals surface area contributed by atoms with Crippen molar-refractivity contribution >= 4 is 0 Å². The quantitative estimate of drug-likeness (QED) is 0.509. The maximum Gasteiger partial charge on any atom is 0.121 e. The molecular formula is C26H30O2. The Morgan fingerprint density at radius 3 is 1.50 bits per heavy atom. The first kappa shape index (κ1) is 20.0. The number of benzene rings is 3. The van der Waals surface area contributed by atoms with Gasteiger partial charge in [0.2, 0.25) is 0 Å². The lowest BCUT2D eigenvalue weighted by Gasteiger charge is -2.26. The second-order valence-electron chi connectivity index (χ2n) is 8.90. The highest BCUT2D eigenvalue weighted by atomic mass is 16.3. The van der Waals surface area contributed by atoms with Crippen LogP contribution in [-0.2, 0) is 5.41 Å². The number of aromatic hydroxyl groups is 2. The van der Waals surface area contributed by atoms with Crippen LogP contribution in [0.25, 0.3) is 22.3 Å². The van der Waals surface area contributed by atoms with Crippen LogP contribution in [-0.4, -0.2) is 10.2 Å². The maximum atomic E-state index is 10.3. The summed E-state index contributed by atoms with van der Waals surface area (Å²) < 4.78 is 0. The Hall–Kier alpha value is -2.74. The number of aryl methyl sites for hydroxylation is 4. The summed E-state index contributed by atoms with van der Waals surface area (Å²) >= 11 is 0. The van der Waals surface area contributed by atoms with Crippen molar-refractivity contribution in [2.75, 3.05) is 0 Å². The van der Waals surface area contributed by atoms with E-state index in [0.717, 1.165) is 38.9 Å². The molecule has 0 radical (unpaired) electrons. The molecule has 28 heavy (non-hydrogen) atoms. The van der Waals surface area contributed by atoms with Crippen LogP contribution in [0.3, 0.4) is 0 Å². The average Bonchev–Trinajstić information content (AvgIpc) is 2.62. The van der Waals surface area contributed by atoms with Crippen LogP contribution < -0.4 is 0 Å². The van der Waals surface area contributed by atoms with Crippen LogP contribution in [0.5, 0.6) is 11.5 Å². The maximum absolute atomic E-state index is 10.3. The third kappa shape index (κ3) is 3.52. The molecule has 3 rings (SSSR count). The minimum atomic E-state index is -0.0357. The van der Waals surface area contributed by atoms with Crippen molar-refractivity contribution in [2.24, 2.45) is 0 Å². The second-order valence-corrected chi connectivity index (χ2v) is 8.90. The summed E-state index contributed by atoms with van der Waals surface area (Å²) in [5.41, 5.74) is 9.26. The van der Waals surface area contributed by atoms with E-state index in [-0.39, 0.29) is 5.41 Å². The van der Waals surface area contributed by atoms with Crippen LogP contribution in [0, 0.1) is 27.7 Å². The molecule has 0 aliphatic rings. The lowest BCUT2D eigenvalue weighted by Crippen LogP contribution is -2.13. The van der Waals surface area contributed by atoms with E-state index in [2.05, 4.69) is 51.1 Å². The first-order valence-corrected chi connectivity index (χ1v) is 9.75. The fourth-order valence-electron chi connectivity index (χ4n) is 3.94. The molecule has 146 valence electrons. The second kappa shape index (κ2) is 7.01. The fourth-order valence-corrected chi connectivity index (χ4v) is 3.94. The summed E-state index contributed by atoms with van der Waals surface area (Å²) in [6.45, 7) is 14.4. The average molecular weight is 375 g/mol. The van der Waals surface area contributed by atoms with Gasteiger partial charge in [0.1, 0.15) is 11.5 Å². The Labute approximate surface area is 168 Å². The summed E-state index contributed by atoms with van der Waals surface area (Å²) in [6, 6.07) is 14.7. The molecule has 0 saturated carbocycles. The summed E-state index contributed by atoms with van der Waals surface area (Å²) in [5, 5.41) is 20.5. The minimum absolute atomic E-state index is 0.0357. The molecule has 0 saturated heterocycles. The monoisotopic (exact) mass is 374 g/mol. The van der Waals surface area contributed by atoms with E-state index in [0.29, 0.717) is 11.5 Å². The van der Waals surface area contributed by atoms with Crippen molar-refractivity contribution in [1.29, 1.82) is 0 Å². The molecule has 2 heteroatoms. The molecule has 0 unspecified atom stereocenters. The molecule has 2 nitrogen and oxygen atoms in total. The SMILES string of the molecule is Cc1cc(-c2cccc(C(C)(C)C)c2-c2cc(C)c(O)c(C)c2)cc(C)c1O. The van der Waals surface area contributed by atoms with Crippen molar-refractivity contribution in [3.63, 3.8) is 0 Å². The van der Waals surface area contributed by atoms with Gasteiger partial charge >= 0.3 is 0 Å². The molecule has 3 aromatic carbocycles. The van der Waals surface area contributed by atoms with Gasteiger partial charge in [0, 0.05) is 0 Å². The number of hydrogen-bond acceptors (Lipinski definition) is 2. The van der Waals surface area contributed by atoms with E-state index in [9.17, 15) is 10.2 Å². The van der Waals surface area contributed by atoms with Gasteiger partial charge in [-0.15, -0.1) is 0 Å². The van der Waals surface area contributed by atoms with Gasteiger partial charge in [-0.2, -0.15) is 0 Å². The predicted octanol–water partition coefficient (Wildman–Crippen LogP) is 6.96. The molecule has 0 atom stereocenters. The van der Waals surface area contributed by atoms with Gasteiger partial charge in [0.25, 0.3) is 0 Å². The van der Waals surface area contributed by atoms with Crippen molar-refractivity contribution in [1.82, 2.24) is 0 Å². The molecule has 0 spiro atoms. The van der Waals surface area contributed by atoms with Gasteiger partial charge in [-0.25, -0.2) is 0 Å². The van der Waals surface area contributed by atoms with Gasteiger partial charge in [0.15, 0.2) is 0 Å². The molecule has 0 aliphatic heterocycles. The van der Waals surface area contributed by atoms with Crippen LogP contribution in [0.2, 0.25) is 0 Å². The largest absolute Gasteiger partial charge is 0.507 e. The zero-order valence-corrected chi connectivity index (χ0v) is 17.9. The van der Waals surface area contributed by atoms with Crippen LogP contribution in [0.15, 0.2) is 42.5 Å². The molecule has 0 heterocycles. The Bertz CT molecular complexity index is 1010. The van der Waals surface area contributed by atoms with E-state index in [1.165, 1.54) is 11.1 Å². The first-order valence-electron chi connectivity index (χ1n) is 9.75. The highest BCUT2D eigenvalue weighted by Gasteiger charge is 2.23. The van der Waals surface area contributed by atoms with Gasteiger partial charge in [-0.05, 0) is 107 Å². The summed E-state index contributed by atoms with van der Waals surface area (Å²) in [6.07, 6.45) is 0. The Morgan fingerprint density at radius 2 is 1.07 bits per heavy atom. The smallest absolute Gasteiger partial charge is 0.121 e. The zero-order valence-electron chi connectivity index (χ0n) is 17.9. The number of hydrogen-bond donors (Lipinski definition) is 2. The van der Waals surface area contributed by atoms with Gasteiger partial charge < -0.3 is 10.2 Å². The van der Waals surface area contributed by atoms with E-state index < -0.39 is 0 Å². The highest BCUT2D eigenvalue weighted by Crippen LogP contribution is 2.43. The highest BCUT2D eigenvalue weighted by molar-refractivity contribution is 5.88. The van der Waals surface area contributed by atoms with Gasteiger partial charge in [-0.3, -0.25) is 0 Å². The number of phenolic OH excluding ortho intramolecular Hbond substituents is 2. The van der Waals surface area contributed by atoms with Crippen molar-refractivity contribution in [3.05, 3.63) is 70.3 Å². The third-order valence-electron chi connectivity index (χ3n) is 5.45. The molecule has 3 aromatic rings. The molecule has 0 fully saturated rings. The number of phenols is 2. The Kier molecular flexibility index (Phi) is 5.01. The molecule has 0 aliphatic carbocycles. The van der Waals surface area contributed by atoms with Crippen LogP contribution in [0.4, 0.5) is 0 Å². The van der Waals surface area contributed by atoms with Crippen molar-refractivity contribution in [2.45, 2.75) is 53.9 Å². The zero-order chi connectivity index (χ0) is 20.8. The van der Waals surface area contributed by atoms with Crippen molar-refractivity contribution in [3.8, 4) is 33.8 Å². The lowest BCUT2D eigenvalue weighted by atomic mass is 9.78. The van der Waals surface area contributed by atoms with E-state index in [1.807, 2.05) is 39.8 Å². The molecular weight excluding hydrogens is 344 g/mol. The third-order valence-corrected chi connectivity index (χ3v) is 5.45.